The van der Waals surface area contributed by atoms with Gasteiger partial charge in [-0.1, -0.05) is 11.3 Å². The van der Waals surface area contributed by atoms with Crippen LogP contribution >= 0.6 is 11.3 Å². The zero-order valence-electron chi connectivity index (χ0n) is 12.0. The minimum Gasteiger partial charge on any atom is -0.465 e. The summed E-state index contributed by atoms with van der Waals surface area (Å²) in [5.41, 5.74) is 0. The maximum absolute atomic E-state index is 11.7. The van der Waals surface area contributed by atoms with Crippen molar-refractivity contribution in [1.29, 1.82) is 0 Å². The third-order valence-electron chi connectivity index (χ3n) is 2.89. The maximum Gasteiger partial charge on any atom is 0.373 e. The molecule has 0 bridgehead atoms. The predicted molar refractivity (Wildman–Crippen MR) is 78.8 cm³/mol. The largest absolute Gasteiger partial charge is 0.465 e. The lowest BCUT2D eigenvalue weighted by Gasteiger charge is -2.24. The Hall–Kier alpha value is -2.16. The molecule has 0 spiro atoms. The highest BCUT2D eigenvalue weighted by Gasteiger charge is 2.30. The molecule has 0 saturated carbocycles. The van der Waals surface area contributed by atoms with Gasteiger partial charge in [0.2, 0.25) is 5.82 Å². The van der Waals surface area contributed by atoms with Gasteiger partial charge in [0.05, 0.1) is 6.61 Å². The van der Waals surface area contributed by atoms with Crippen molar-refractivity contribution >= 4 is 33.9 Å². The number of anilines is 1. The van der Waals surface area contributed by atoms with E-state index < -0.39 is 10.9 Å². The molecule has 9 heteroatoms. The number of hydrogen-bond acceptors (Lipinski definition) is 7. The zero-order chi connectivity index (χ0) is 15.6. The van der Waals surface area contributed by atoms with Gasteiger partial charge in [0, 0.05) is 11.4 Å². The maximum atomic E-state index is 11.7. The minimum absolute atomic E-state index is 0.0722. The standard InChI is InChI=1S/C12H16N4O4S/c1-4-20-9(17)7-15(8(2)3)10-11(16(18)19)14-5-6-21-12(14)13-10/h5-6,8H,4,7H2,1-3H3. The van der Waals surface area contributed by atoms with Gasteiger partial charge in [-0.3, -0.25) is 4.79 Å². The lowest BCUT2D eigenvalue weighted by Crippen LogP contribution is -2.37. The van der Waals surface area contributed by atoms with Gasteiger partial charge in [-0.15, -0.1) is 0 Å². The first kappa shape index (κ1) is 15.2. The molecule has 2 heterocycles. The van der Waals surface area contributed by atoms with Crippen LogP contribution in [0.1, 0.15) is 20.8 Å². The van der Waals surface area contributed by atoms with Gasteiger partial charge in [0.1, 0.15) is 12.7 Å². The Morgan fingerprint density at radius 1 is 1.62 bits per heavy atom. The van der Waals surface area contributed by atoms with Crippen LogP contribution in [-0.4, -0.2) is 39.5 Å². The van der Waals surface area contributed by atoms with Crippen molar-refractivity contribution in [3.8, 4) is 0 Å². The van der Waals surface area contributed by atoms with E-state index in [0.29, 0.717) is 4.96 Å². The van der Waals surface area contributed by atoms with Crippen molar-refractivity contribution < 1.29 is 14.5 Å². The molecule has 0 atom stereocenters. The number of carbonyl (C=O) groups excluding carboxylic acids is 1. The van der Waals surface area contributed by atoms with Crippen molar-refractivity contribution in [2.45, 2.75) is 26.8 Å². The van der Waals surface area contributed by atoms with Crippen molar-refractivity contribution in [1.82, 2.24) is 9.38 Å². The predicted octanol–water partition coefficient (Wildman–Crippen LogP) is 2.08. The number of nitrogens with zero attached hydrogens (tertiary/aromatic N) is 4. The molecule has 0 radical (unpaired) electrons. The summed E-state index contributed by atoms with van der Waals surface area (Å²) in [5, 5.41) is 13.1. The molecule has 2 aromatic rings. The second-order valence-corrected chi connectivity index (χ2v) is 5.47. The fraction of sp³-hybridized carbons (Fsp3) is 0.500. The van der Waals surface area contributed by atoms with E-state index in [1.54, 1.807) is 23.4 Å². The van der Waals surface area contributed by atoms with Gasteiger partial charge in [-0.25, -0.2) is 0 Å². The number of ether oxygens (including phenoxy) is 1. The van der Waals surface area contributed by atoms with Crippen molar-refractivity contribution in [2.24, 2.45) is 0 Å². The summed E-state index contributed by atoms with van der Waals surface area (Å²) in [5.74, 6) is -0.379. The minimum atomic E-state index is -0.484. The van der Waals surface area contributed by atoms with Gasteiger partial charge < -0.3 is 19.8 Å². The SMILES string of the molecule is CCOC(=O)CN(c1nc2sccn2c1[N+](=O)[O-])C(C)C. The number of imidazole rings is 1. The number of carbonyl (C=O) groups is 1. The van der Waals surface area contributed by atoms with E-state index in [0.717, 1.165) is 0 Å². The van der Waals surface area contributed by atoms with Gasteiger partial charge >= 0.3 is 11.8 Å². The fourth-order valence-electron chi connectivity index (χ4n) is 1.97. The molecule has 0 aliphatic heterocycles. The molecule has 114 valence electrons. The summed E-state index contributed by atoms with van der Waals surface area (Å²) < 4.78 is 6.33. The summed E-state index contributed by atoms with van der Waals surface area (Å²) in [6.45, 7) is 5.60. The van der Waals surface area contributed by atoms with Crippen LogP contribution in [0.4, 0.5) is 11.6 Å². The molecular weight excluding hydrogens is 296 g/mol. The molecule has 2 aromatic heterocycles. The van der Waals surface area contributed by atoms with Crippen LogP contribution in [0.15, 0.2) is 11.6 Å². The monoisotopic (exact) mass is 312 g/mol. The Balaban J connectivity index is 2.44. The van der Waals surface area contributed by atoms with E-state index in [1.807, 2.05) is 13.8 Å². The van der Waals surface area contributed by atoms with Gasteiger partial charge in [0.25, 0.3) is 4.96 Å². The number of esters is 1. The van der Waals surface area contributed by atoms with Gasteiger partial charge in [0.15, 0.2) is 0 Å². The quantitative estimate of drug-likeness (QED) is 0.461. The highest BCUT2D eigenvalue weighted by atomic mass is 32.1. The van der Waals surface area contributed by atoms with E-state index in [-0.39, 0.29) is 30.8 Å². The van der Waals surface area contributed by atoms with Crippen molar-refractivity contribution in [2.75, 3.05) is 18.1 Å². The normalized spacial score (nSPS) is 11.0. The topological polar surface area (TPSA) is 90.0 Å². The lowest BCUT2D eigenvalue weighted by molar-refractivity contribution is -0.389. The molecule has 0 saturated heterocycles. The molecule has 2 rings (SSSR count). The molecule has 0 aliphatic rings. The number of hydrogen-bond donors (Lipinski definition) is 0. The molecule has 8 nitrogen and oxygen atoms in total. The van der Waals surface area contributed by atoms with E-state index in [2.05, 4.69) is 4.98 Å². The third kappa shape index (κ3) is 2.97. The summed E-state index contributed by atoms with van der Waals surface area (Å²) in [6.07, 6.45) is 1.59. The van der Waals surface area contributed by atoms with Gasteiger partial charge in [-0.2, -0.15) is 9.38 Å². The number of fused-ring (bicyclic) bond motifs is 1. The molecular formula is C12H16N4O4S. The number of aromatic nitrogens is 2. The zero-order valence-corrected chi connectivity index (χ0v) is 12.8. The molecule has 0 unspecified atom stereocenters. The Morgan fingerprint density at radius 3 is 2.90 bits per heavy atom. The first-order chi connectivity index (χ1) is 9.95. The molecule has 0 fully saturated rings. The lowest BCUT2D eigenvalue weighted by atomic mass is 10.3. The average Bonchev–Trinajstić information content (AvgIpc) is 2.94. The third-order valence-corrected chi connectivity index (χ3v) is 3.65. The summed E-state index contributed by atoms with van der Waals surface area (Å²) in [4.78, 5) is 28.9. The fourth-order valence-corrected chi connectivity index (χ4v) is 2.68. The van der Waals surface area contributed by atoms with Crippen molar-refractivity contribution in [3.63, 3.8) is 0 Å². The van der Waals surface area contributed by atoms with Crippen LogP contribution in [-0.2, 0) is 9.53 Å². The van der Waals surface area contributed by atoms with Crippen LogP contribution in [0.25, 0.3) is 4.96 Å². The summed E-state index contributed by atoms with van der Waals surface area (Å²) >= 11 is 1.30. The van der Waals surface area contributed by atoms with Crippen LogP contribution in [0.2, 0.25) is 0 Å². The second-order valence-electron chi connectivity index (χ2n) is 4.60. The Morgan fingerprint density at radius 2 is 2.33 bits per heavy atom. The first-order valence-electron chi connectivity index (χ1n) is 6.47. The van der Waals surface area contributed by atoms with Crippen LogP contribution < -0.4 is 4.90 Å². The Kier molecular flexibility index (Phi) is 4.41. The highest BCUT2D eigenvalue weighted by Crippen LogP contribution is 2.32. The summed E-state index contributed by atoms with van der Waals surface area (Å²) in [6, 6.07) is -0.127. The molecule has 0 aliphatic carbocycles. The summed E-state index contributed by atoms with van der Waals surface area (Å²) in [7, 11) is 0. The van der Waals surface area contributed by atoms with Crippen molar-refractivity contribution in [3.05, 3.63) is 21.7 Å². The Labute approximate surface area is 125 Å². The van der Waals surface area contributed by atoms with E-state index >= 15 is 0 Å². The first-order valence-corrected chi connectivity index (χ1v) is 7.35. The molecule has 21 heavy (non-hydrogen) atoms. The number of nitro groups is 1. The number of thiazole rings is 1. The van der Waals surface area contributed by atoms with E-state index in [4.69, 9.17) is 4.74 Å². The van der Waals surface area contributed by atoms with Crippen LogP contribution in [0.3, 0.4) is 0 Å². The average molecular weight is 312 g/mol. The van der Waals surface area contributed by atoms with E-state index in [9.17, 15) is 14.9 Å². The second kappa shape index (κ2) is 6.08. The Bertz CT molecular complexity index is 663. The molecule has 0 N–H and O–H groups in total. The van der Waals surface area contributed by atoms with Gasteiger partial charge in [-0.05, 0) is 25.7 Å². The molecule has 0 aromatic carbocycles. The highest BCUT2D eigenvalue weighted by molar-refractivity contribution is 7.15. The van der Waals surface area contributed by atoms with E-state index in [1.165, 1.54) is 15.7 Å². The smallest absolute Gasteiger partial charge is 0.373 e. The number of rotatable bonds is 6. The van der Waals surface area contributed by atoms with Crippen LogP contribution in [0, 0.1) is 10.1 Å². The molecule has 0 amide bonds. The van der Waals surface area contributed by atoms with Crippen LogP contribution in [0.5, 0.6) is 0 Å².